The standard InChI is InChI=1S/C10H19N5O3/c1-13-9(16)8(12-14(2)10(13)17)15(5-4-11)6-7-18-3/h4-7,11H2,1-3H3. The van der Waals surface area contributed by atoms with Gasteiger partial charge >= 0.3 is 5.69 Å². The van der Waals surface area contributed by atoms with Crippen LogP contribution in [0.25, 0.3) is 0 Å². The summed E-state index contributed by atoms with van der Waals surface area (Å²) >= 11 is 0. The Labute approximate surface area is 105 Å². The third kappa shape index (κ3) is 2.96. The Morgan fingerprint density at radius 1 is 1.33 bits per heavy atom. The molecule has 0 saturated carbocycles. The van der Waals surface area contributed by atoms with Gasteiger partial charge in [-0.1, -0.05) is 0 Å². The lowest BCUT2D eigenvalue weighted by Gasteiger charge is -2.22. The Hall–Kier alpha value is -1.67. The van der Waals surface area contributed by atoms with E-state index in [-0.39, 0.29) is 5.82 Å². The highest BCUT2D eigenvalue weighted by atomic mass is 16.5. The van der Waals surface area contributed by atoms with E-state index in [2.05, 4.69) is 5.10 Å². The number of nitrogens with zero attached hydrogens (tertiary/aromatic N) is 4. The van der Waals surface area contributed by atoms with E-state index in [0.29, 0.717) is 26.2 Å². The zero-order valence-corrected chi connectivity index (χ0v) is 10.9. The van der Waals surface area contributed by atoms with Crippen molar-refractivity contribution in [3.05, 3.63) is 20.8 Å². The molecule has 1 aromatic heterocycles. The minimum absolute atomic E-state index is 0.210. The van der Waals surface area contributed by atoms with Crippen molar-refractivity contribution in [1.82, 2.24) is 14.3 Å². The van der Waals surface area contributed by atoms with Crippen LogP contribution in [0.1, 0.15) is 0 Å². The fourth-order valence-electron chi connectivity index (χ4n) is 1.56. The average molecular weight is 257 g/mol. The quantitative estimate of drug-likeness (QED) is 0.626. The summed E-state index contributed by atoms with van der Waals surface area (Å²) in [5.41, 5.74) is 4.62. The number of hydrogen-bond acceptors (Lipinski definition) is 6. The summed E-state index contributed by atoms with van der Waals surface area (Å²) in [7, 11) is 4.50. The molecule has 0 aliphatic carbocycles. The van der Waals surface area contributed by atoms with Crippen LogP contribution in [0.3, 0.4) is 0 Å². The first-order valence-electron chi connectivity index (χ1n) is 5.61. The van der Waals surface area contributed by atoms with Gasteiger partial charge in [-0.2, -0.15) is 0 Å². The first kappa shape index (κ1) is 14.4. The molecule has 0 bridgehead atoms. The molecular formula is C10H19N5O3. The molecule has 0 aliphatic rings. The maximum atomic E-state index is 12.0. The Morgan fingerprint density at radius 3 is 2.56 bits per heavy atom. The van der Waals surface area contributed by atoms with Crippen LogP contribution < -0.4 is 21.9 Å². The Morgan fingerprint density at radius 2 is 2.00 bits per heavy atom. The van der Waals surface area contributed by atoms with Crippen LogP contribution in [0.5, 0.6) is 0 Å². The molecule has 0 spiro atoms. The molecule has 1 heterocycles. The molecule has 0 radical (unpaired) electrons. The molecule has 0 aromatic carbocycles. The molecule has 0 saturated heterocycles. The van der Waals surface area contributed by atoms with E-state index < -0.39 is 11.2 Å². The van der Waals surface area contributed by atoms with Crippen molar-refractivity contribution >= 4 is 5.82 Å². The van der Waals surface area contributed by atoms with Crippen LogP contribution >= 0.6 is 0 Å². The maximum Gasteiger partial charge on any atom is 0.346 e. The zero-order valence-electron chi connectivity index (χ0n) is 10.9. The van der Waals surface area contributed by atoms with E-state index in [0.717, 1.165) is 9.25 Å². The smallest absolute Gasteiger partial charge is 0.346 e. The number of aryl methyl sites for hydroxylation is 1. The second kappa shape index (κ2) is 6.31. The molecule has 0 aliphatic heterocycles. The van der Waals surface area contributed by atoms with Crippen molar-refractivity contribution < 1.29 is 4.74 Å². The second-order valence-corrected chi connectivity index (χ2v) is 3.86. The molecule has 8 heteroatoms. The number of nitrogens with two attached hydrogens (primary N) is 1. The zero-order chi connectivity index (χ0) is 13.7. The number of ether oxygens (including phenoxy) is 1. The summed E-state index contributed by atoms with van der Waals surface area (Å²) in [6.45, 7) is 1.81. The summed E-state index contributed by atoms with van der Waals surface area (Å²) in [5.74, 6) is 0.210. The van der Waals surface area contributed by atoms with Gasteiger partial charge in [0.2, 0.25) is 5.82 Å². The van der Waals surface area contributed by atoms with Crippen LogP contribution in [-0.4, -0.2) is 47.7 Å². The molecule has 8 nitrogen and oxygen atoms in total. The molecule has 18 heavy (non-hydrogen) atoms. The highest BCUT2D eigenvalue weighted by Crippen LogP contribution is 2.00. The van der Waals surface area contributed by atoms with Crippen molar-refractivity contribution in [3.63, 3.8) is 0 Å². The first-order chi connectivity index (χ1) is 8.52. The topological polar surface area (TPSA) is 95.4 Å². The Kier molecular flexibility index (Phi) is 5.05. The van der Waals surface area contributed by atoms with E-state index in [1.807, 2.05) is 0 Å². The minimum atomic E-state index is -0.455. The van der Waals surface area contributed by atoms with Crippen LogP contribution in [-0.2, 0) is 18.8 Å². The summed E-state index contributed by atoms with van der Waals surface area (Å²) < 4.78 is 7.14. The van der Waals surface area contributed by atoms with Crippen LogP contribution in [0, 0.1) is 0 Å². The maximum absolute atomic E-state index is 12.0. The van der Waals surface area contributed by atoms with Crippen molar-refractivity contribution in [2.45, 2.75) is 0 Å². The van der Waals surface area contributed by atoms with Gasteiger partial charge in [0, 0.05) is 40.8 Å². The fraction of sp³-hybridized carbons (Fsp3) is 0.700. The normalized spacial score (nSPS) is 10.7. The van der Waals surface area contributed by atoms with Gasteiger partial charge in [-0.05, 0) is 0 Å². The lowest BCUT2D eigenvalue weighted by Crippen LogP contribution is -2.45. The van der Waals surface area contributed by atoms with Crippen molar-refractivity contribution in [2.24, 2.45) is 19.8 Å². The van der Waals surface area contributed by atoms with Gasteiger partial charge in [-0.25, -0.2) is 9.48 Å². The minimum Gasteiger partial charge on any atom is -0.383 e. The third-order valence-corrected chi connectivity index (χ3v) is 2.57. The molecular weight excluding hydrogens is 238 g/mol. The van der Waals surface area contributed by atoms with Crippen LogP contribution in [0.4, 0.5) is 5.82 Å². The summed E-state index contributed by atoms with van der Waals surface area (Å²) in [4.78, 5) is 25.2. The predicted octanol–water partition coefficient (Wildman–Crippen LogP) is -2.11. The second-order valence-electron chi connectivity index (χ2n) is 3.86. The number of rotatable bonds is 6. The number of aromatic nitrogens is 3. The monoisotopic (exact) mass is 257 g/mol. The van der Waals surface area contributed by atoms with Gasteiger partial charge in [0.25, 0.3) is 5.56 Å². The molecule has 1 aromatic rings. The third-order valence-electron chi connectivity index (χ3n) is 2.57. The van der Waals surface area contributed by atoms with Crippen LogP contribution in [0.15, 0.2) is 9.59 Å². The Balaban J connectivity index is 3.19. The van der Waals surface area contributed by atoms with E-state index in [9.17, 15) is 9.59 Å². The fourth-order valence-corrected chi connectivity index (χ4v) is 1.56. The molecule has 2 N–H and O–H groups in total. The molecule has 1 rings (SSSR count). The molecule has 0 amide bonds. The van der Waals surface area contributed by atoms with E-state index in [4.69, 9.17) is 10.5 Å². The number of hydrogen-bond donors (Lipinski definition) is 1. The highest BCUT2D eigenvalue weighted by molar-refractivity contribution is 5.34. The largest absolute Gasteiger partial charge is 0.383 e. The average Bonchev–Trinajstić information content (AvgIpc) is 2.36. The van der Waals surface area contributed by atoms with Crippen LogP contribution in [0.2, 0.25) is 0 Å². The van der Waals surface area contributed by atoms with Gasteiger partial charge in [0.15, 0.2) is 0 Å². The Bertz CT molecular complexity index is 507. The summed E-state index contributed by atoms with van der Waals surface area (Å²) in [6.07, 6.45) is 0. The molecule has 102 valence electrons. The van der Waals surface area contributed by atoms with Gasteiger partial charge in [-0.15, -0.1) is 5.10 Å². The van der Waals surface area contributed by atoms with Crippen molar-refractivity contribution in [2.75, 3.05) is 38.3 Å². The van der Waals surface area contributed by atoms with Crippen molar-refractivity contribution in [3.8, 4) is 0 Å². The lowest BCUT2D eigenvalue weighted by atomic mass is 10.4. The summed E-state index contributed by atoms with van der Waals surface area (Å²) in [6, 6.07) is 0. The SMILES string of the molecule is COCCN(CCN)c1nn(C)c(=O)n(C)c1=O. The molecule has 0 fully saturated rings. The lowest BCUT2D eigenvalue weighted by molar-refractivity contribution is 0.205. The van der Waals surface area contributed by atoms with Gasteiger partial charge in [0.05, 0.1) is 6.61 Å². The van der Waals surface area contributed by atoms with Gasteiger partial charge in [-0.3, -0.25) is 9.36 Å². The van der Waals surface area contributed by atoms with E-state index >= 15 is 0 Å². The predicted molar refractivity (Wildman–Crippen MR) is 67.9 cm³/mol. The van der Waals surface area contributed by atoms with Crippen molar-refractivity contribution in [1.29, 1.82) is 0 Å². The highest BCUT2D eigenvalue weighted by Gasteiger charge is 2.15. The first-order valence-corrected chi connectivity index (χ1v) is 5.61. The van der Waals surface area contributed by atoms with Gasteiger partial charge in [0.1, 0.15) is 0 Å². The molecule has 0 atom stereocenters. The number of anilines is 1. The molecule has 0 unspecified atom stereocenters. The van der Waals surface area contributed by atoms with E-state index in [1.165, 1.54) is 14.1 Å². The number of methoxy groups -OCH3 is 1. The van der Waals surface area contributed by atoms with Gasteiger partial charge < -0.3 is 15.4 Å². The van der Waals surface area contributed by atoms with E-state index in [1.54, 1.807) is 12.0 Å². The summed E-state index contributed by atoms with van der Waals surface area (Å²) in [5, 5.41) is 3.99.